The number of anilines is 1. The van der Waals surface area contributed by atoms with Gasteiger partial charge < -0.3 is 5.32 Å². The molecule has 0 spiro atoms. The molecule has 4 nitrogen and oxygen atoms in total. The summed E-state index contributed by atoms with van der Waals surface area (Å²) in [5.74, 6) is -0.113. The van der Waals surface area contributed by atoms with Crippen LogP contribution in [0.3, 0.4) is 0 Å². The van der Waals surface area contributed by atoms with Gasteiger partial charge in [0.2, 0.25) is 5.91 Å². The summed E-state index contributed by atoms with van der Waals surface area (Å²) in [6.45, 7) is 3.97. The number of aryl methyl sites for hydroxylation is 2. The van der Waals surface area contributed by atoms with Crippen LogP contribution in [0, 0.1) is 25.2 Å². The molecule has 0 saturated heterocycles. The van der Waals surface area contributed by atoms with Gasteiger partial charge in [0.25, 0.3) is 0 Å². The molecule has 0 fully saturated rings. The summed E-state index contributed by atoms with van der Waals surface area (Å²) in [7, 11) is 0. The van der Waals surface area contributed by atoms with Crippen molar-refractivity contribution in [1.82, 2.24) is 4.98 Å². The average Bonchev–Trinajstić information content (AvgIpc) is 2.95. The minimum Gasteiger partial charge on any atom is -0.326 e. The first-order valence-electron chi connectivity index (χ1n) is 7.88. The highest BCUT2D eigenvalue weighted by atomic mass is 32.1. The SMILES string of the molecule is Cc1cccc(-c2nc(C)c(CC(=O)Nc3cccc(C#N)c3)s2)c1. The van der Waals surface area contributed by atoms with Gasteiger partial charge in [-0.3, -0.25) is 4.79 Å². The molecule has 0 aliphatic rings. The van der Waals surface area contributed by atoms with E-state index in [0.29, 0.717) is 11.3 Å². The second-order valence-electron chi connectivity index (χ2n) is 5.81. The summed E-state index contributed by atoms with van der Waals surface area (Å²) in [6.07, 6.45) is 0.270. The highest BCUT2D eigenvalue weighted by Crippen LogP contribution is 2.29. The van der Waals surface area contributed by atoms with E-state index >= 15 is 0 Å². The number of amides is 1. The average molecular weight is 347 g/mol. The van der Waals surface area contributed by atoms with Crippen molar-refractivity contribution < 1.29 is 4.79 Å². The lowest BCUT2D eigenvalue weighted by atomic mass is 10.1. The standard InChI is InChI=1S/C20H17N3OS/c1-13-5-3-7-16(9-13)20-22-14(2)18(25-20)11-19(24)23-17-8-4-6-15(10-17)12-21/h3-10H,11H2,1-2H3,(H,23,24). The number of nitriles is 1. The molecule has 3 rings (SSSR count). The van der Waals surface area contributed by atoms with Crippen LogP contribution in [0.25, 0.3) is 10.6 Å². The van der Waals surface area contributed by atoms with Gasteiger partial charge in [0.1, 0.15) is 5.01 Å². The Hall–Kier alpha value is -2.97. The molecule has 1 aromatic heterocycles. The van der Waals surface area contributed by atoms with E-state index in [2.05, 4.69) is 22.4 Å². The van der Waals surface area contributed by atoms with Gasteiger partial charge in [0.05, 0.1) is 23.7 Å². The topological polar surface area (TPSA) is 65.8 Å². The van der Waals surface area contributed by atoms with Crippen LogP contribution in [-0.2, 0) is 11.2 Å². The number of hydrogen-bond acceptors (Lipinski definition) is 4. The molecule has 25 heavy (non-hydrogen) atoms. The molecule has 5 heteroatoms. The molecule has 0 radical (unpaired) electrons. The quantitative estimate of drug-likeness (QED) is 0.757. The summed E-state index contributed by atoms with van der Waals surface area (Å²) in [5, 5.41) is 12.7. The fourth-order valence-electron chi connectivity index (χ4n) is 2.51. The third-order valence-electron chi connectivity index (χ3n) is 3.75. The van der Waals surface area contributed by atoms with Gasteiger partial charge in [-0.2, -0.15) is 5.26 Å². The maximum absolute atomic E-state index is 12.3. The van der Waals surface area contributed by atoms with Crippen molar-refractivity contribution in [2.24, 2.45) is 0 Å². The lowest BCUT2D eigenvalue weighted by Crippen LogP contribution is -2.14. The molecule has 3 aromatic rings. The molecular formula is C20H17N3OS. The molecule has 124 valence electrons. The van der Waals surface area contributed by atoms with E-state index in [0.717, 1.165) is 21.1 Å². The molecule has 0 saturated carbocycles. The fourth-order valence-corrected chi connectivity index (χ4v) is 3.57. The molecular weight excluding hydrogens is 330 g/mol. The van der Waals surface area contributed by atoms with Gasteiger partial charge in [0.15, 0.2) is 0 Å². The smallest absolute Gasteiger partial charge is 0.229 e. The van der Waals surface area contributed by atoms with Gasteiger partial charge in [0, 0.05) is 16.1 Å². The number of benzene rings is 2. The van der Waals surface area contributed by atoms with Crippen molar-refractivity contribution in [2.45, 2.75) is 20.3 Å². The second kappa shape index (κ2) is 7.29. The summed E-state index contributed by atoms with van der Waals surface area (Å²) >= 11 is 1.54. The van der Waals surface area contributed by atoms with Gasteiger partial charge >= 0.3 is 0 Å². The molecule has 0 aliphatic carbocycles. The first-order chi connectivity index (χ1) is 12.0. The number of nitrogens with zero attached hydrogens (tertiary/aromatic N) is 2. The zero-order chi connectivity index (χ0) is 17.8. The van der Waals surface area contributed by atoms with E-state index in [1.54, 1.807) is 35.6 Å². The Kier molecular flexibility index (Phi) is 4.92. The third kappa shape index (κ3) is 4.11. The molecule has 0 bridgehead atoms. The van der Waals surface area contributed by atoms with E-state index in [9.17, 15) is 4.79 Å². The minimum absolute atomic E-state index is 0.113. The number of nitrogens with one attached hydrogen (secondary N) is 1. The van der Waals surface area contributed by atoms with Gasteiger partial charge in [-0.15, -0.1) is 11.3 Å². The Bertz CT molecular complexity index is 969. The van der Waals surface area contributed by atoms with Crippen LogP contribution < -0.4 is 5.32 Å². The number of carbonyl (C=O) groups excluding carboxylic acids is 1. The van der Waals surface area contributed by atoms with E-state index in [1.807, 2.05) is 32.0 Å². The zero-order valence-corrected chi connectivity index (χ0v) is 14.9. The maximum Gasteiger partial charge on any atom is 0.229 e. The number of aromatic nitrogens is 1. The third-order valence-corrected chi connectivity index (χ3v) is 4.96. The summed E-state index contributed by atoms with van der Waals surface area (Å²) in [4.78, 5) is 17.9. The molecule has 0 unspecified atom stereocenters. The molecule has 2 aromatic carbocycles. The van der Waals surface area contributed by atoms with Crippen molar-refractivity contribution in [3.8, 4) is 16.6 Å². The number of rotatable bonds is 4. The summed E-state index contributed by atoms with van der Waals surface area (Å²) < 4.78 is 0. The largest absolute Gasteiger partial charge is 0.326 e. The molecule has 0 aliphatic heterocycles. The molecule has 1 N–H and O–H groups in total. The van der Waals surface area contributed by atoms with Crippen LogP contribution >= 0.6 is 11.3 Å². The van der Waals surface area contributed by atoms with E-state index in [1.165, 1.54) is 5.56 Å². The van der Waals surface area contributed by atoms with Gasteiger partial charge in [-0.1, -0.05) is 29.8 Å². The van der Waals surface area contributed by atoms with E-state index in [4.69, 9.17) is 5.26 Å². The first kappa shape index (κ1) is 16.9. The summed E-state index contributed by atoms with van der Waals surface area (Å²) in [6, 6.07) is 17.1. The Morgan fingerprint density at radius 3 is 2.76 bits per heavy atom. The van der Waals surface area contributed by atoms with Crippen molar-refractivity contribution in [1.29, 1.82) is 5.26 Å². The van der Waals surface area contributed by atoms with Crippen molar-refractivity contribution in [3.63, 3.8) is 0 Å². The lowest BCUT2D eigenvalue weighted by Gasteiger charge is -2.04. The number of hydrogen-bond donors (Lipinski definition) is 1. The summed E-state index contributed by atoms with van der Waals surface area (Å²) in [5.41, 5.74) is 4.28. The predicted octanol–water partition coefficient (Wildman–Crippen LogP) is 4.48. The van der Waals surface area contributed by atoms with Crippen molar-refractivity contribution >= 4 is 22.9 Å². The monoisotopic (exact) mass is 347 g/mol. The van der Waals surface area contributed by atoms with Crippen molar-refractivity contribution in [2.75, 3.05) is 5.32 Å². The molecule has 1 heterocycles. The zero-order valence-electron chi connectivity index (χ0n) is 14.0. The Labute approximate surface area is 150 Å². The normalized spacial score (nSPS) is 10.3. The minimum atomic E-state index is -0.113. The maximum atomic E-state index is 12.3. The lowest BCUT2D eigenvalue weighted by molar-refractivity contribution is -0.115. The van der Waals surface area contributed by atoms with Crippen LogP contribution in [0.4, 0.5) is 5.69 Å². The highest BCUT2D eigenvalue weighted by Gasteiger charge is 2.13. The van der Waals surface area contributed by atoms with E-state index in [-0.39, 0.29) is 12.3 Å². The Morgan fingerprint density at radius 1 is 1.20 bits per heavy atom. The number of thiazole rings is 1. The van der Waals surface area contributed by atoms with Crippen LogP contribution in [0.2, 0.25) is 0 Å². The van der Waals surface area contributed by atoms with Crippen LogP contribution in [-0.4, -0.2) is 10.9 Å². The fraction of sp³-hybridized carbons (Fsp3) is 0.150. The van der Waals surface area contributed by atoms with Crippen molar-refractivity contribution in [3.05, 3.63) is 70.2 Å². The first-order valence-corrected chi connectivity index (χ1v) is 8.70. The van der Waals surface area contributed by atoms with Gasteiger partial charge in [-0.05, 0) is 38.1 Å². The Balaban J connectivity index is 1.74. The van der Waals surface area contributed by atoms with Crippen LogP contribution in [0.5, 0.6) is 0 Å². The van der Waals surface area contributed by atoms with Gasteiger partial charge in [-0.25, -0.2) is 4.98 Å². The predicted molar refractivity (Wildman–Crippen MR) is 101 cm³/mol. The van der Waals surface area contributed by atoms with Crippen LogP contribution in [0.15, 0.2) is 48.5 Å². The number of carbonyl (C=O) groups is 1. The van der Waals surface area contributed by atoms with Crippen LogP contribution in [0.1, 0.15) is 21.7 Å². The molecule has 0 atom stereocenters. The van der Waals surface area contributed by atoms with E-state index < -0.39 is 0 Å². The Morgan fingerprint density at radius 2 is 2.00 bits per heavy atom. The highest BCUT2D eigenvalue weighted by molar-refractivity contribution is 7.15. The second-order valence-corrected chi connectivity index (χ2v) is 6.90. The molecule has 1 amide bonds.